The van der Waals surface area contributed by atoms with Crippen LogP contribution in [0.5, 0.6) is 0 Å². The predicted octanol–water partition coefficient (Wildman–Crippen LogP) is 7.26. The van der Waals surface area contributed by atoms with E-state index >= 15 is 0 Å². The van der Waals surface area contributed by atoms with E-state index in [1.807, 2.05) is 60.2 Å². The summed E-state index contributed by atoms with van der Waals surface area (Å²) < 4.78 is 15.4. The predicted molar refractivity (Wildman–Crippen MR) is 251 cm³/mol. The number of nitrogens with one attached hydrogen (secondary N) is 5. The van der Waals surface area contributed by atoms with Gasteiger partial charge in [0.1, 0.15) is 24.1 Å². The van der Waals surface area contributed by atoms with Gasteiger partial charge in [0, 0.05) is 24.7 Å². The van der Waals surface area contributed by atoms with Crippen LogP contribution in [0.3, 0.4) is 0 Å². The molecular weight excluding hydrogens is 837 g/mol. The molecule has 10 rings (SSSR count). The van der Waals surface area contributed by atoms with Crippen molar-refractivity contribution in [2.75, 3.05) is 33.4 Å². The number of aromatic amines is 1. The molecule has 1 unspecified atom stereocenters. The number of imidazole rings is 1. The van der Waals surface area contributed by atoms with Crippen molar-refractivity contribution in [3.8, 4) is 11.1 Å². The van der Waals surface area contributed by atoms with E-state index in [0.717, 1.165) is 86.5 Å². The van der Waals surface area contributed by atoms with Gasteiger partial charge in [0.2, 0.25) is 11.8 Å². The molecule has 4 aliphatic heterocycles. The number of carbonyl (C=O) groups is 4. The van der Waals surface area contributed by atoms with Crippen molar-refractivity contribution in [3.05, 3.63) is 120 Å². The van der Waals surface area contributed by atoms with E-state index in [1.165, 1.54) is 7.11 Å². The Balaban J connectivity index is 0.823. The molecule has 0 bridgehead atoms. The lowest BCUT2D eigenvalue weighted by molar-refractivity contribution is -0.136. The maximum Gasteiger partial charge on any atom is 0.408 e. The molecule has 3 fully saturated rings. The van der Waals surface area contributed by atoms with Gasteiger partial charge in [-0.3, -0.25) is 9.59 Å². The van der Waals surface area contributed by atoms with Gasteiger partial charge in [-0.2, -0.15) is 0 Å². The average Bonchev–Trinajstić information content (AvgIpc) is 4.17. The highest BCUT2D eigenvalue weighted by Crippen LogP contribution is 2.36. The zero-order valence-corrected chi connectivity index (χ0v) is 37.2. The molecule has 0 radical (unpaired) electrons. The Hall–Kier alpha value is -7.13. The van der Waals surface area contributed by atoms with Gasteiger partial charge in [-0.05, 0) is 94.3 Å². The summed E-state index contributed by atoms with van der Waals surface area (Å²) >= 11 is 0. The second-order valence-corrected chi connectivity index (χ2v) is 18.0. The van der Waals surface area contributed by atoms with Crippen molar-refractivity contribution in [3.63, 3.8) is 0 Å². The second kappa shape index (κ2) is 18.0. The first-order valence-electron chi connectivity index (χ1n) is 22.9. The van der Waals surface area contributed by atoms with E-state index < -0.39 is 24.3 Å². The molecule has 340 valence electrons. The van der Waals surface area contributed by atoms with Crippen LogP contribution >= 0.6 is 0 Å². The summed E-state index contributed by atoms with van der Waals surface area (Å²) in [5.41, 5.74) is 6.62. The van der Waals surface area contributed by atoms with E-state index in [1.54, 1.807) is 0 Å². The van der Waals surface area contributed by atoms with Crippen LogP contribution in [0.4, 0.5) is 9.59 Å². The maximum atomic E-state index is 14.2. The molecule has 5 N–H and O–H groups in total. The van der Waals surface area contributed by atoms with Crippen LogP contribution in [0.25, 0.3) is 49.4 Å². The number of benzene rings is 5. The summed E-state index contributed by atoms with van der Waals surface area (Å²) in [7, 11) is 1.30. The summed E-state index contributed by atoms with van der Waals surface area (Å²) in [5.74, 6) is 0.321. The Morgan fingerprint density at radius 1 is 0.773 bits per heavy atom. The summed E-state index contributed by atoms with van der Waals surface area (Å²) in [4.78, 5) is 65.2. The van der Waals surface area contributed by atoms with Gasteiger partial charge in [0.25, 0.3) is 0 Å². The maximum absolute atomic E-state index is 14.2. The molecule has 5 atom stereocenters. The summed E-state index contributed by atoms with van der Waals surface area (Å²) in [5, 5.41) is 17.0. The quantitative estimate of drug-likeness (QED) is 0.0890. The molecule has 5 heterocycles. The third-order valence-electron chi connectivity index (χ3n) is 13.4. The number of aromatic nitrogens is 2. The molecule has 0 saturated carbocycles. The fraction of sp³-hybridized carbons (Fsp3) is 0.353. The molecule has 4 aliphatic rings. The minimum absolute atomic E-state index is 0.113. The van der Waals surface area contributed by atoms with Gasteiger partial charge in [0.15, 0.2) is 6.10 Å². The molecule has 4 amide bonds. The minimum Gasteiger partial charge on any atom is -0.453 e. The van der Waals surface area contributed by atoms with E-state index in [9.17, 15) is 19.2 Å². The number of carbonyl (C=O) groups excluding carboxylic acids is 4. The van der Waals surface area contributed by atoms with Gasteiger partial charge in [-0.15, -0.1) is 0 Å². The fourth-order valence-electron chi connectivity index (χ4n) is 9.84. The Morgan fingerprint density at radius 2 is 1.47 bits per heavy atom. The van der Waals surface area contributed by atoms with Crippen LogP contribution in [0.2, 0.25) is 0 Å². The second-order valence-electron chi connectivity index (χ2n) is 18.0. The van der Waals surface area contributed by atoms with E-state index in [2.05, 4.69) is 93.0 Å². The molecule has 3 saturated heterocycles. The molecule has 0 aliphatic carbocycles. The van der Waals surface area contributed by atoms with Crippen LogP contribution in [-0.2, 0) is 23.8 Å². The number of alkyl carbamates (subject to hydrolysis) is 2. The number of rotatable bonds is 11. The highest BCUT2D eigenvalue weighted by molar-refractivity contribution is 6.06. The summed E-state index contributed by atoms with van der Waals surface area (Å²) in [6, 6.07) is 30.9. The van der Waals surface area contributed by atoms with Crippen molar-refractivity contribution >= 4 is 62.3 Å². The lowest BCUT2D eigenvalue weighted by atomic mass is 9.97. The highest BCUT2D eigenvalue weighted by atomic mass is 16.6. The average molecular weight is 891 g/mol. The lowest BCUT2D eigenvalue weighted by Gasteiger charge is -2.33. The first kappa shape index (κ1) is 42.8. The number of hydrogen-bond donors (Lipinski definition) is 5. The lowest BCUT2D eigenvalue weighted by Crippen LogP contribution is -2.54. The van der Waals surface area contributed by atoms with Crippen molar-refractivity contribution in [1.29, 1.82) is 0 Å². The number of likely N-dealkylation sites (tertiary alicyclic amines) is 2. The number of ether oxygens (including phenoxy) is 3. The number of fused-ring (bicyclic) bond motifs is 4. The van der Waals surface area contributed by atoms with Gasteiger partial charge in [0.05, 0.1) is 49.1 Å². The van der Waals surface area contributed by atoms with Crippen LogP contribution in [-0.4, -0.2) is 102 Å². The molecule has 0 spiro atoms. The molecular formula is C51H54N8O7. The Morgan fingerprint density at radius 3 is 2.21 bits per heavy atom. The molecule has 66 heavy (non-hydrogen) atoms. The first-order chi connectivity index (χ1) is 32.1. The topological polar surface area (TPSA) is 179 Å². The monoisotopic (exact) mass is 890 g/mol. The van der Waals surface area contributed by atoms with Crippen molar-refractivity contribution in [1.82, 2.24) is 41.0 Å². The molecule has 6 aromatic rings. The SMILES string of the molecule is COC(=O)N[C@H](C(=O)N1CCC[C@H]1c1nc2c(ccc3cc(-c4ccc5cc(C6=CNC([C@@H]7CCCN7C(=O)[C@H](NC(=O)OC7COC7)c7ccccc7)N6)ccc5c4)ccc32)[nH]1)C(C)C. The standard InChI is InChI=1S/C51H54N8O7/c1-29(2)43(56-50(62)64-3)48(60)59-22-8-12-42(59)47-53-39-20-18-35-24-34(17-19-38(35)45(39)55-47)31-13-14-33-25-36(16-15-32(33)23-31)40-26-52-46(54-40)41-11-7-21-58(41)49(61)44(30-9-5-4-6-10-30)57-51(63)66-37-27-65-28-37/h4-6,9-10,13-20,23-26,29,37,41-44,46,52,54H,7-8,11-12,21-22,27-28H2,1-3H3,(H,53,55)(H,56,62)(H,57,63)/t41-,42-,43-,44+,46?/m0/s1. The number of hydrogen-bond acceptors (Lipinski definition) is 10. The van der Waals surface area contributed by atoms with E-state index in [-0.39, 0.29) is 42.1 Å². The number of methoxy groups -OCH3 is 1. The smallest absolute Gasteiger partial charge is 0.408 e. The Bertz CT molecular complexity index is 2860. The normalized spacial score (nSPS) is 20.4. The number of amides is 4. The van der Waals surface area contributed by atoms with Crippen molar-refractivity contribution in [2.45, 2.75) is 76.0 Å². The summed E-state index contributed by atoms with van der Waals surface area (Å²) in [6.07, 6.45) is 3.50. The third kappa shape index (κ3) is 8.34. The zero-order chi connectivity index (χ0) is 45.5. The van der Waals surface area contributed by atoms with Gasteiger partial charge in [-0.25, -0.2) is 14.6 Å². The van der Waals surface area contributed by atoms with Crippen LogP contribution in [0, 0.1) is 5.92 Å². The first-order valence-corrected chi connectivity index (χ1v) is 22.9. The molecule has 1 aromatic heterocycles. The zero-order valence-electron chi connectivity index (χ0n) is 37.2. The fourth-order valence-corrected chi connectivity index (χ4v) is 9.84. The molecule has 15 heteroatoms. The summed E-state index contributed by atoms with van der Waals surface area (Å²) in [6.45, 7) is 5.71. The van der Waals surface area contributed by atoms with Crippen LogP contribution in [0.1, 0.15) is 68.6 Å². The van der Waals surface area contributed by atoms with Gasteiger partial charge >= 0.3 is 12.2 Å². The molecule has 15 nitrogen and oxygen atoms in total. The van der Waals surface area contributed by atoms with Gasteiger partial charge < -0.3 is 50.3 Å². The highest BCUT2D eigenvalue weighted by Gasteiger charge is 2.41. The Labute approximate surface area is 382 Å². The minimum atomic E-state index is -0.883. The third-order valence-corrected chi connectivity index (χ3v) is 13.4. The van der Waals surface area contributed by atoms with Crippen molar-refractivity contribution < 1.29 is 33.4 Å². The number of nitrogens with zero attached hydrogens (tertiary/aromatic N) is 3. The Kier molecular flexibility index (Phi) is 11.7. The van der Waals surface area contributed by atoms with E-state index in [4.69, 9.17) is 19.2 Å². The largest absolute Gasteiger partial charge is 0.453 e. The molecule has 5 aromatic carbocycles. The van der Waals surface area contributed by atoms with Gasteiger partial charge in [-0.1, -0.05) is 86.6 Å². The van der Waals surface area contributed by atoms with Crippen LogP contribution < -0.4 is 21.3 Å². The van der Waals surface area contributed by atoms with Crippen LogP contribution in [0.15, 0.2) is 103 Å². The van der Waals surface area contributed by atoms with Crippen molar-refractivity contribution in [2.24, 2.45) is 5.92 Å². The number of H-pyrrole nitrogens is 1. The van der Waals surface area contributed by atoms with E-state index in [0.29, 0.717) is 31.9 Å².